The molecule has 1 unspecified atom stereocenters. The summed E-state index contributed by atoms with van der Waals surface area (Å²) in [4.78, 5) is 25.4. The summed E-state index contributed by atoms with van der Waals surface area (Å²) in [6, 6.07) is 10.2. The van der Waals surface area contributed by atoms with Crippen LogP contribution < -0.4 is 9.47 Å². The number of hydrogen-bond acceptors (Lipinski definition) is 8. The Balaban J connectivity index is 1.51. The molecular formula is C22H18F2N2O7. The molecule has 0 radical (unpaired) electrons. The van der Waals surface area contributed by atoms with Crippen molar-refractivity contribution in [1.29, 1.82) is 0 Å². The Hall–Kier alpha value is -4.15. The van der Waals surface area contributed by atoms with E-state index in [0.717, 1.165) is 5.01 Å². The summed E-state index contributed by atoms with van der Waals surface area (Å²) in [5.74, 6) is -1.28. The van der Waals surface area contributed by atoms with E-state index in [0.29, 0.717) is 23.7 Å². The van der Waals surface area contributed by atoms with Crippen LogP contribution in [0.1, 0.15) is 34.3 Å². The Bertz CT molecular complexity index is 1140. The number of hydrogen-bond donors (Lipinski definition) is 0. The third-order valence-electron chi connectivity index (χ3n) is 4.80. The molecule has 4 rings (SSSR count). The maximum absolute atomic E-state index is 12.9. The summed E-state index contributed by atoms with van der Waals surface area (Å²) in [6.07, 6.45) is 3.28. The molecule has 0 fully saturated rings. The first-order chi connectivity index (χ1) is 16.0. The molecule has 172 valence electrons. The molecule has 1 atom stereocenters. The van der Waals surface area contributed by atoms with Gasteiger partial charge in [0.1, 0.15) is 28.8 Å². The van der Waals surface area contributed by atoms with Crippen LogP contribution >= 0.6 is 0 Å². The maximum Gasteiger partial charge on any atom is 0.387 e. The molecule has 1 aromatic carbocycles. The van der Waals surface area contributed by atoms with Crippen molar-refractivity contribution in [1.82, 2.24) is 5.01 Å². The number of halogens is 2. The van der Waals surface area contributed by atoms with Gasteiger partial charge in [-0.2, -0.15) is 13.9 Å². The average molecular weight is 460 g/mol. The molecule has 0 N–H and O–H groups in total. The fourth-order valence-electron chi connectivity index (χ4n) is 3.35. The van der Waals surface area contributed by atoms with Crippen molar-refractivity contribution < 1.29 is 41.4 Å². The topological polar surface area (TPSA) is 104 Å². The first-order valence-electron chi connectivity index (χ1n) is 9.73. The van der Waals surface area contributed by atoms with E-state index in [4.69, 9.17) is 18.3 Å². The number of esters is 1. The minimum Gasteiger partial charge on any atom is -0.493 e. The molecule has 11 heteroatoms. The molecule has 1 aliphatic rings. The normalized spacial score (nSPS) is 15.5. The number of furan rings is 2. The minimum absolute atomic E-state index is 0.0822. The van der Waals surface area contributed by atoms with Crippen molar-refractivity contribution in [2.75, 3.05) is 13.7 Å². The lowest BCUT2D eigenvalue weighted by atomic mass is 10.1. The lowest BCUT2D eigenvalue weighted by molar-refractivity contribution is -0.136. The van der Waals surface area contributed by atoms with E-state index in [1.807, 2.05) is 0 Å². The molecule has 3 heterocycles. The number of hydrazone groups is 1. The number of para-hydroxylation sites is 1. The molecule has 0 saturated carbocycles. The Morgan fingerprint density at radius 3 is 2.61 bits per heavy atom. The van der Waals surface area contributed by atoms with E-state index >= 15 is 0 Å². The number of nitrogens with zero attached hydrogens (tertiary/aromatic N) is 2. The number of amides is 1. The number of methoxy groups -OCH3 is 1. The lowest BCUT2D eigenvalue weighted by Gasteiger charge is -2.20. The van der Waals surface area contributed by atoms with E-state index in [9.17, 15) is 18.4 Å². The standard InChI is InChI=1S/C22H18F2N2O7/c1-29-18-6-2-5-13(20(18)33-22(23)24)21(28)32-12-19(27)26-15(17-8-4-10-31-17)11-14(25-26)16-7-3-9-30-16/h2-10,15,22H,11-12H2,1H3. The van der Waals surface area contributed by atoms with Gasteiger partial charge in [0.05, 0.1) is 19.6 Å². The number of rotatable bonds is 8. The third kappa shape index (κ3) is 4.71. The molecule has 0 saturated heterocycles. The fourth-order valence-corrected chi connectivity index (χ4v) is 3.35. The zero-order valence-electron chi connectivity index (χ0n) is 17.3. The largest absolute Gasteiger partial charge is 0.493 e. The molecule has 3 aromatic rings. The summed E-state index contributed by atoms with van der Waals surface area (Å²) in [5, 5.41) is 5.46. The van der Waals surface area contributed by atoms with Gasteiger partial charge in [0.2, 0.25) is 0 Å². The van der Waals surface area contributed by atoms with Crippen molar-refractivity contribution in [3.63, 3.8) is 0 Å². The Morgan fingerprint density at radius 1 is 1.15 bits per heavy atom. The molecule has 0 bridgehead atoms. The monoisotopic (exact) mass is 460 g/mol. The number of carbonyl (C=O) groups is 2. The summed E-state index contributed by atoms with van der Waals surface area (Å²) in [5.41, 5.74) is 0.202. The van der Waals surface area contributed by atoms with Crippen LogP contribution in [0, 0.1) is 0 Å². The first kappa shape index (κ1) is 22.1. The SMILES string of the molecule is COc1cccc(C(=O)OCC(=O)N2N=C(c3ccco3)CC2c2ccco2)c1OC(F)F. The van der Waals surface area contributed by atoms with Crippen molar-refractivity contribution in [2.24, 2.45) is 5.10 Å². The maximum atomic E-state index is 12.9. The summed E-state index contributed by atoms with van der Waals surface area (Å²) in [6.45, 7) is -3.89. The van der Waals surface area contributed by atoms with Gasteiger partial charge in [-0.1, -0.05) is 6.07 Å². The molecule has 1 aliphatic heterocycles. The Labute approximate surface area is 186 Å². The van der Waals surface area contributed by atoms with Crippen LogP contribution in [0.4, 0.5) is 8.78 Å². The van der Waals surface area contributed by atoms with Crippen LogP contribution in [-0.4, -0.2) is 42.9 Å². The Kier molecular flexibility index (Phi) is 6.38. The van der Waals surface area contributed by atoms with Crippen molar-refractivity contribution in [3.05, 3.63) is 72.1 Å². The molecule has 1 amide bonds. The number of benzene rings is 1. The summed E-state index contributed by atoms with van der Waals surface area (Å²) in [7, 11) is 1.24. The second-order valence-electron chi connectivity index (χ2n) is 6.79. The van der Waals surface area contributed by atoms with Crippen molar-refractivity contribution in [2.45, 2.75) is 19.1 Å². The number of alkyl halides is 2. The van der Waals surface area contributed by atoms with Crippen molar-refractivity contribution >= 4 is 17.6 Å². The van der Waals surface area contributed by atoms with Crippen molar-refractivity contribution in [3.8, 4) is 11.5 Å². The Morgan fingerprint density at radius 2 is 1.94 bits per heavy atom. The second-order valence-corrected chi connectivity index (χ2v) is 6.79. The van der Waals surface area contributed by atoms with Crippen LogP contribution in [0.3, 0.4) is 0 Å². The zero-order valence-corrected chi connectivity index (χ0v) is 17.3. The molecule has 2 aromatic heterocycles. The highest BCUT2D eigenvalue weighted by Crippen LogP contribution is 2.34. The van der Waals surface area contributed by atoms with E-state index in [-0.39, 0.29) is 11.3 Å². The quantitative estimate of drug-likeness (QED) is 0.468. The van der Waals surface area contributed by atoms with Crippen LogP contribution in [0.2, 0.25) is 0 Å². The van der Waals surface area contributed by atoms with Gasteiger partial charge in [-0.3, -0.25) is 4.79 Å². The highest BCUT2D eigenvalue weighted by atomic mass is 19.3. The molecular weight excluding hydrogens is 442 g/mol. The summed E-state index contributed by atoms with van der Waals surface area (Å²) >= 11 is 0. The molecule has 9 nitrogen and oxygen atoms in total. The van der Waals surface area contributed by atoms with Crippen LogP contribution in [0.25, 0.3) is 0 Å². The predicted molar refractivity (Wildman–Crippen MR) is 108 cm³/mol. The van der Waals surface area contributed by atoms with Gasteiger partial charge in [0.25, 0.3) is 5.91 Å². The van der Waals surface area contributed by atoms with Gasteiger partial charge in [0, 0.05) is 6.42 Å². The lowest BCUT2D eigenvalue weighted by Crippen LogP contribution is -2.31. The van der Waals surface area contributed by atoms with E-state index in [1.165, 1.54) is 37.8 Å². The zero-order chi connectivity index (χ0) is 23.4. The van der Waals surface area contributed by atoms with Gasteiger partial charge in [-0.25, -0.2) is 9.80 Å². The second kappa shape index (κ2) is 9.55. The number of carbonyl (C=O) groups excluding carboxylic acids is 2. The smallest absolute Gasteiger partial charge is 0.387 e. The third-order valence-corrected chi connectivity index (χ3v) is 4.80. The highest BCUT2D eigenvalue weighted by molar-refractivity contribution is 6.01. The first-order valence-corrected chi connectivity index (χ1v) is 9.73. The molecule has 0 aliphatic carbocycles. The molecule has 0 spiro atoms. The van der Waals surface area contributed by atoms with Gasteiger partial charge >= 0.3 is 12.6 Å². The van der Waals surface area contributed by atoms with Crippen LogP contribution in [0.5, 0.6) is 11.5 Å². The number of ether oxygens (including phenoxy) is 3. The van der Waals surface area contributed by atoms with Gasteiger partial charge in [0.15, 0.2) is 18.1 Å². The van der Waals surface area contributed by atoms with Gasteiger partial charge in [-0.15, -0.1) is 0 Å². The van der Waals surface area contributed by atoms with Crippen LogP contribution in [0.15, 0.2) is 68.9 Å². The predicted octanol–water partition coefficient (Wildman–Crippen LogP) is 4.02. The van der Waals surface area contributed by atoms with E-state index < -0.39 is 36.9 Å². The molecule has 33 heavy (non-hydrogen) atoms. The van der Waals surface area contributed by atoms with Gasteiger partial charge in [-0.05, 0) is 36.4 Å². The fraction of sp³-hybridized carbons (Fsp3) is 0.227. The van der Waals surface area contributed by atoms with E-state index in [1.54, 1.807) is 24.3 Å². The van der Waals surface area contributed by atoms with E-state index in [2.05, 4.69) is 9.84 Å². The minimum atomic E-state index is -3.19. The van der Waals surface area contributed by atoms with Crippen LogP contribution in [-0.2, 0) is 9.53 Å². The average Bonchev–Trinajstić information content (AvgIpc) is 3.57. The highest BCUT2D eigenvalue weighted by Gasteiger charge is 2.36. The summed E-state index contributed by atoms with van der Waals surface area (Å²) < 4.78 is 50.9. The van der Waals surface area contributed by atoms with Gasteiger partial charge < -0.3 is 23.0 Å².